The Balaban J connectivity index is 1.89. The van der Waals surface area contributed by atoms with Gasteiger partial charge in [0.25, 0.3) is 0 Å². The summed E-state index contributed by atoms with van der Waals surface area (Å²) in [6.45, 7) is 2.28. The number of hydrogen-bond acceptors (Lipinski definition) is 3. The highest BCUT2D eigenvalue weighted by molar-refractivity contribution is 5.78. The van der Waals surface area contributed by atoms with Crippen molar-refractivity contribution in [3.63, 3.8) is 0 Å². The highest BCUT2D eigenvalue weighted by atomic mass is 16.3. The van der Waals surface area contributed by atoms with E-state index in [9.17, 15) is 9.90 Å². The number of aliphatic hydroxyl groups is 1. The molecule has 0 unspecified atom stereocenters. The lowest BCUT2D eigenvalue weighted by Crippen LogP contribution is -2.56. The Kier molecular flexibility index (Phi) is 5.08. The van der Waals surface area contributed by atoms with Crippen LogP contribution in [0.25, 0.3) is 0 Å². The van der Waals surface area contributed by atoms with Crippen LogP contribution in [0.3, 0.4) is 0 Å². The van der Waals surface area contributed by atoms with Gasteiger partial charge in [0.1, 0.15) is 0 Å². The minimum absolute atomic E-state index is 0.0259. The maximum Gasteiger partial charge on any atom is 0.222 e. The summed E-state index contributed by atoms with van der Waals surface area (Å²) >= 11 is 0. The standard InChI is InChI=1S/C16H30N2O2/c1-13-5-9-16(12-19,10-6-13)18-14(20)11-15(17)7-3-2-4-8-15/h13,19H,2-12,17H2,1H3,(H,18,20). The lowest BCUT2D eigenvalue weighted by Gasteiger charge is -2.40. The zero-order valence-electron chi connectivity index (χ0n) is 12.8. The Morgan fingerprint density at radius 3 is 2.35 bits per heavy atom. The van der Waals surface area contributed by atoms with Crippen LogP contribution in [0.15, 0.2) is 0 Å². The van der Waals surface area contributed by atoms with Crippen LogP contribution >= 0.6 is 0 Å². The van der Waals surface area contributed by atoms with Crippen molar-refractivity contribution >= 4 is 5.91 Å². The van der Waals surface area contributed by atoms with Gasteiger partial charge in [-0.25, -0.2) is 0 Å². The Hall–Kier alpha value is -0.610. The van der Waals surface area contributed by atoms with E-state index < -0.39 is 5.54 Å². The predicted octanol–water partition coefficient (Wildman–Crippen LogP) is 2.10. The van der Waals surface area contributed by atoms with Crippen molar-refractivity contribution in [3.8, 4) is 0 Å². The summed E-state index contributed by atoms with van der Waals surface area (Å²) in [6.07, 6.45) is 9.72. The molecule has 0 heterocycles. The van der Waals surface area contributed by atoms with Gasteiger partial charge in [-0.15, -0.1) is 0 Å². The van der Waals surface area contributed by atoms with Crippen molar-refractivity contribution in [1.82, 2.24) is 5.32 Å². The molecule has 2 aliphatic rings. The van der Waals surface area contributed by atoms with Gasteiger partial charge in [0.15, 0.2) is 0 Å². The van der Waals surface area contributed by atoms with E-state index >= 15 is 0 Å². The molecule has 0 atom stereocenters. The summed E-state index contributed by atoms with van der Waals surface area (Å²) in [5.41, 5.74) is 5.64. The van der Waals surface area contributed by atoms with Crippen LogP contribution in [-0.4, -0.2) is 28.7 Å². The van der Waals surface area contributed by atoms with Crippen molar-refractivity contribution in [1.29, 1.82) is 0 Å². The molecule has 2 fully saturated rings. The van der Waals surface area contributed by atoms with E-state index in [-0.39, 0.29) is 18.1 Å². The molecule has 4 N–H and O–H groups in total. The normalized spacial score (nSPS) is 33.6. The minimum Gasteiger partial charge on any atom is -0.394 e. The van der Waals surface area contributed by atoms with Gasteiger partial charge >= 0.3 is 0 Å². The van der Waals surface area contributed by atoms with Gasteiger partial charge in [-0.2, -0.15) is 0 Å². The second kappa shape index (κ2) is 6.44. The molecular formula is C16H30N2O2. The molecule has 2 aliphatic carbocycles. The van der Waals surface area contributed by atoms with Crippen LogP contribution in [0, 0.1) is 5.92 Å². The number of carbonyl (C=O) groups is 1. The highest BCUT2D eigenvalue weighted by Crippen LogP contribution is 2.33. The number of aliphatic hydroxyl groups excluding tert-OH is 1. The molecule has 20 heavy (non-hydrogen) atoms. The van der Waals surface area contributed by atoms with Gasteiger partial charge in [-0.05, 0) is 44.4 Å². The third-order valence-electron chi connectivity index (χ3n) is 5.30. The average Bonchev–Trinajstić information content (AvgIpc) is 2.42. The van der Waals surface area contributed by atoms with E-state index in [4.69, 9.17) is 5.73 Å². The Morgan fingerprint density at radius 1 is 1.20 bits per heavy atom. The molecule has 0 bridgehead atoms. The van der Waals surface area contributed by atoms with E-state index in [1.54, 1.807) is 0 Å². The first kappa shape index (κ1) is 15.8. The molecule has 0 radical (unpaired) electrons. The first-order valence-corrected chi connectivity index (χ1v) is 8.18. The first-order valence-electron chi connectivity index (χ1n) is 8.18. The van der Waals surface area contributed by atoms with Gasteiger partial charge in [0.05, 0.1) is 12.1 Å². The summed E-state index contributed by atoms with van der Waals surface area (Å²) in [5.74, 6) is 0.726. The fourth-order valence-electron chi connectivity index (χ4n) is 3.73. The summed E-state index contributed by atoms with van der Waals surface area (Å²) < 4.78 is 0. The van der Waals surface area contributed by atoms with Gasteiger partial charge in [-0.3, -0.25) is 4.79 Å². The van der Waals surface area contributed by atoms with E-state index in [2.05, 4.69) is 12.2 Å². The maximum absolute atomic E-state index is 12.3. The fourth-order valence-corrected chi connectivity index (χ4v) is 3.73. The van der Waals surface area contributed by atoms with E-state index in [1.807, 2.05) is 0 Å². The van der Waals surface area contributed by atoms with Crippen LogP contribution in [0.4, 0.5) is 0 Å². The molecule has 0 aromatic rings. The maximum atomic E-state index is 12.3. The molecule has 1 amide bonds. The quantitative estimate of drug-likeness (QED) is 0.739. The topological polar surface area (TPSA) is 75.3 Å². The number of nitrogens with one attached hydrogen (secondary N) is 1. The molecule has 0 aliphatic heterocycles. The molecule has 116 valence electrons. The van der Waals surface area contributed by atoms with Crippen molar-refractivity contribution in [2.45, 2.75) is 82.2 Å². The van der Waals surface area contributed by atoms with Crippen molar-refractivity contribution in [2.24, 2.45) is 11.7 Å². The van der Waals surface area contributed by atoms with E-state index in [0.29, 0.717) is 12.3 Å². The number of rotatable bonds is 4. The lowest BCUT2D eigenvalue weighted by molar-refractivity contribution is -0.125. The summed E-state index contributed by atoms with van der Waals surface area (Å²) in [7, 11) is 0. The van der Waals surface area contributed by atoms with Crippen LogP contribution in [0.1, 0.15) is 71.1 Å². The van der Waals surface area contributed by atoms with Crippen molar-refractivity contribution < 1.29 is 9.90 Å². The van der Waals surface area contributed by atoms with Crippen molar-refractivity contribution in [3.05, 3.63) is 0 Å². The number of hydrogen-bond donors (Lipinski definition) is 3. The molecule has 0 aromatic carbocycles. The second-order valence-electron chi connectivity index (χ2n) is 7.27. The fraction of sp³-hybridized carbons (Fsp3) is 0.938. The molecule has 2 rings (SSSR count). The van der Waals surface area contributed by atoms with E-state index in [0.717, 1.165) is 51.4 Å². The van der Waals surface area contributed by atoms with Crippen LogP contribution in [-0.2, 0) is 4.79 Å². The minimum atomic E-state index is -0.394. The second-order valence-corrected chi connectivity index (χ2v) is 7.27. The third-order valence-corrected chi connectivity index (χ3v) is 5.30. The lowest BCUT2D eigenvalue weighted by atomic mass is 9.76. The summed E-state index contributed by atoms with van der Waals surface area (Å²) in [5, 5.41) is 12.8. The Labute approximate surface area is 122 Å². The predicted molar refractivity (Wildman–Crippen MR) is 80.2 cm³/mol. The Morgan fingerprint density at radius 2 is 1.80 bits per heavy atom. The van der Waals surface area contributed by atoms with Gasteiger partial charge in [0, 0.05) is 12.0 Å². The monoisotopic (exact) mass is 282 g/mol. The molecule has 0 saturated heterocycles. The molecule has 0 spiro atoms. The van der Waals surface area contributed by atoms with Crippen LogP contribution < -0.4 is 11.1 Å². The molecule has 0 aromatic heterocycles. The largest absolute Gasteiger partial charge is 0.394 e. The third kappa shape index (κ3) is 3.95. The molecule has 4 nitrogen and oxygen atoms in total. The SMILES string of the molecule is CC1CCC(CO)(NC(=O)CC2(N)CCCCC2)CC1. The number of carbonyl (C=O) groups excluding carboxylic acids is 1. The van der Waals surface area contributed by atoms with Crippen LogP contribution in [0.5, 0.6) is 0 Å². The molecule has 2 saturated carbocycles. The zero-order chi connectivity index (χ0) is 14.6. The zero-order valence-corrected chi connectivity index (χ0v) is 12.8. The van der Waals surface area contributed by atoms with Gasteiger partial charge < -0.3 is 16.2 Å². The number of amides is 1. The summed E-state index contributed by atoms with van der Waals surface area (Å²) in [4.78, 5) is 12.3. The molecule has 4 heteroatoms. The number of nitrogens with two attached hydrogens (primary N) is 1. The van der Waals surface area contributed by atoms with Crippen LogP contribution in [0.2, 0.25) is 0 Å². The van der Waals surface area contributed by atoms with Crippen molar-refractivity contribution in [2.75, 3.05) is 6.61 Å². The Bertz CT molecular complexity index is 329. The first-order chi connectivity index (χ1) is 9.47. The molecular weight excluding hydrogens is 252 g/mol. The van der Waals surface area contributed by atoms with Gasteiger partial charge in [0.2, 0.25) is 5.91 Å². The van der Waals surface area contributed by atoms with Gasteiger partial charge in [-0.1, -0.05) is 26.2 Å². The average molecular weight is 282 g/mol. The van der Waals surface area contributed by atoms with E-state index in [1.165, 1.54) is 6.42 Å². The summed E-state index contributed by atoms with van der Waals surface area (Å²) in [6, 6.07) is 0. The highest BCUT2D eigenvalue weighted by Gasteiger charge is 2.37. The smallest absolute Gasteiger partial charge is 0.222 e.